The van der Waals surface area contributed by atoms with Gasteiger partial charge in [0.15, 0.2) is 0 Å². The third-order valence-electron chi connectivity index (χ3n) is 1.56. The van der Waals surface area contributed by atoms with Gasteiger partial charge in [0.25, 0.3) is 0 Å². The van der Waals surface area contributed by atoms with Gasteiger partial charge in [0.1, 0.15) is 0 Å². The van der Waals surface area contributed by atoms with Crippen LogP contribution in [0.25, 0.3) is 5.57 Å². The fourth-order valence-electron chi connectivity index (χ4n) is 0.842. The Morgan fingerprint density at radius 1 is 1.42 bits per heavy atom. The Balaban J connectivity index is 3.01. The lowest BCUT2D eigenvalue weighted by Crippen LogP contribution is -1.82. The summed E-state index contributed by atoms with van der Waals surface area (Å²) in [7, 11) is 0. The number of allylic oxidation sites excluding steroid dienone is 1. The van der Waals surface area contributed by atoms with Crippen LogP contribution in [-0.4, -0.2) is 6.21 Å². The van der Waals surface area contributed by atoms with Crippen molar-refractivity contribution in [3.63, 3.8) is 0 Å². The van der Waals surface area contributed by atoms with Crippen LogP contribution in [0.2, 0.25) is 0 Å². The maximum atomic E-state index is 8.51. The van der Waals surface area contributed by atoms with Gasteiger partial charge in [0, 0.05) is 6.21 Å². The van der Waals surface area contributed by atoms with Gasteiger partial charge in [-0.15, -0.1) is 0 Å². The lowest BCUT2D eigenvalue weighted by molar-refractivity contribution is 1.48. The SMILES string of the molecule is C=C(C=N)c1ccc(C#N)cc1. The van der Waals surface area contributed by atoms with E-state index in [1.807, 2.05) is 6.07 Å². The highest BCUT2D eigenvalue weighted by Crippen LogP contribution is 2.10. The van der Waals surface area contributed by atoms with E-state index in [9.17, 15) is 0 Å². The number of hydrogen-bond acceptors (Lipinski definition) is 2. The van der Waals surface area contributed by atoms with E-state index >= 15 is 0 Å². The van der Waals surface area contributed by atoms with E-state index in [-0.39, 0.29) is 0 Å². The molecule has 0 bridgehead atoms. The molecule has 0 atom stereocenters. The summed E-state index contributed by atoms with van der Waals surface area (Å²) >= 11 is 0. The molecule has 0 radical (unpaired) electrons. The highest BCUT2D eigenvalue weighted by Gasteiger charge is 1.94. The van der Waals surface area contributed by atoms with Gasteiger partial charge in [-0.3, -0.25) is 0 Å². The molecule has 1 N–H and O–H groups in total. The first-order valence-electron chi connectivity index (χ1n) is 3.48. The Kier molecular flexibility index (Phi) is 2.39. The molecule has 0 aliphatic heterocycles. The summed E-state index contributed by atoms with van der Waals surface area (Å²) in [6.45, 7) is 3.67. The van der Waals surface area contributed by atoms with Gasteiger partial charge >= 0.3 is 0 Å². The zero-order valence-corrected chi connectivity index (χ0v) is 6.54. The average Bonchev–Trinajstić information content (AvgIpc) is 2.17. The van der Waals surface area contributed by atoms with Gasteiger partial charge in [-0.25, -0.2) is 0 Å². The molecule has 1 aromatic carbocycles. The first-order chi connectivity index (χ1) is 5.77. The standard InChI is InChI=1S/C10H8N2/c1-8(6-11)10-4-2-9(7-12)3-5-10/h2-6,11H,1H2. The van der Waals surface area contributed by atoms with Gasteiger partial charge in [0.05, 0.1) is 11.6 Å². The van der Waals surface area contributed by atoms with Crippen molar-refractivity contribution in [1.29, 1.82) is 10.7 Å². The highest BCUT2D eigenvalue weighted by atomic mass is 14.3. The summed E-state index contributed by atoms with van der Waals surface area (Å²) in [5, 5.41) is 15.5. The Bertz CT molecular complexity index is 341. The lowest BCUT2D eigenvalue weighted by atomic mass is 10.1. The van der Waals surface area contributed by atoms with E-state index in [1.165, 1.54) is 6.21 Å². The van der Waals surface area contributed by atoms with Gasteiger partial charge in [0.2, 0.25) is 0 Å². The molecule has 2 nitrogen and oxygen atoms in total. The van der Waals surface area contributed by atoms with E-state index in [0.29, 0.717) is 11.1 Å². The van der Waals surface area contributed by atoms with Gasteiger partial charge in [-0.2, -0.15) is 5.26 Å². The molecular weight excluding hydrogens is 148 g/mol. The van der Waals surface area contributed by atoms with Crippen LogP contribution in [0.4, 0.5) is 0 Å². The van der Waals surface area contributed by atoms with Crippen LogP contribution in [0.15, 0.2) is 30.8 Å². The van der Waals surface area contributed by atoms with E-state index in [2.05, 4.69) is 6.58 Å². The molecule has 0 heterocycles. The van der Waals surface area contributed by atoms with Crippen LogP contribution in [0, 0.1) is 16.7 Å². The second-order valence-electron chi connectivity index (χ2n) is 2.36. The minimum absolute atomic E-state index is 0.622. The number of nitrogens with one attached hydrogen (secondary N) is 1. The summed E-state index contributed by atoms with van der Waals surface area (Å²) in [5.74, 6) is 0. The number of benzene rings is 1. The van der Waals surface area contributed by atoms with E-state index in [0.717, 1.165) is 5.56 Å². The van der Waals surface area contributed by atoms with E-state index in [1.54, 1.807) is 24.3 Å². The molecule has 0 fully saturated rings. The normalized spacial score (nSPS) is 8.58. The molecule has 12 heavy (non-hydrogen) atoms. The van der Waals surface area contributed by atoms with Crippen LogP contribution in [0.5, 0.6) is 0 Å². The number of rotatable bonds is 2. The zero-order chi connectivity index (χ0) is 8.97. The van der Waals surface area contributed by atoms with Crippen molar-refractivity contribution >= 4 is 11.8 Å². The molecule has 1 rings (SSSR count). The monoisotopic (exact) mass is 156 g/mol. The molecule has 0 amide bonds. The Morgan fingerprint density at radius 2 is 2.00 bits per heavy atom. The van der Waals surface area contributed by atoms with Gasteiger partial charge in [-0.1, -0.05) is 18.7 Å². The predicted octanol–water partition coefficient (Wildman–Crippen LogP) is 2.22. The Labute approximate surface area is 71.3 Å². The molecular formula is C10H8N2. The van der Waals surface area contributed by atoms with Crippen molar-refractivity contribution in [1.82, 2.24) is 0 Å². The number of nitriles is 1. The van der Waals surface area contributed by atoms with E-state index in [4.69, 9.17) is 10.7 Å². The first-order valence-corrected chi connectivity index (χ1v) is 3.48. The number of hydrogen-bond donors (Lipinski definition) is 1. The minimum atomic E-state index is 0.622. The Morgan fingerprint density at radius 3 is 2.42 bits per heavy atom. The summed E-state index contributed by atoms with van der Waals surface area (Å²) in [6.07, 6.45) is 1.20. The molecule has 0 aliphatic carbocycles. The van der Waals surface area contributed by atoms with E-state index < -0.39 is 0 Å². The summed E-state index contributed by atoms with van der Waals surface area (Å²) in [6, 6.07) is 9.02. The van der Waals surface area contributed by atoms with Gasteiger partial charge < -0.3 is 5.41 Å². The molecule has 0 aliphatic rings. The second kappa shape index (κ2) is 3.49. The van der Waals surface area contributed by atoms with Crippen LogP contribution in [-0.2, 0) is 0 Å². The van der Waals surface area contributed by atoms with Crippen molar-refractivity contribution in [2.24, 2.45) is 0 Å². The molecule has 1 aromatic rings. The maximum absolute atomic E-state index is 8.51. The smallest absolute Gasteiger partial charge is 0.0991 e. The second-order valence-corrected chi connectivity index (χ2v) is 2.36. The third-order valence-corrected chi connectivity index (χ3v) is 1.56. The lowest BCUT2D eigenvalue weighted by Gasteiger charge is -1.97. The topological polar surface area (TPSA) is 47.6 Å². The van der Waals surface area contributed by atoms with Crippen LogP contribution < -0.4 is 0 Å². The maximum Gasteiger partial charge on any atom is 0.0991 e. The van der Waals surface area contributed by atoms with Crippen molar-refractivity contribution < 1.29 is 0 Å². The molecule has 0 saturated heterocycles. The Hall–Kier alpha value is -1.88. The molecule has 0 spiro atoms. The quantitative estimate of drug-likeness (QED) is 0.655. The summed E-state index contributed by atoms with van der Waals surface area (Å²) in [4.78, 5) is 0. The molecule has 0 unspecified atom stereocenters. The summed E-state index contributed by atoms with van der Waals surface area (Å²) in [5.41, 5.74) is 2.15. The van der Waals surface area contributed by atoms with Crippen LogP contribution >= 0.6 is 0 Å². The van der Waals surface area contributed by atoms with Crippen LogP contribution in [0.1, 0.15) is 11.1 Å². The molecule has 0 aromatic heterocycles. The highest BCUT2D eigenvalue weighted by molar-refractivity contribution is 6.07. The van der Waals surface area contributed by atoms with Gasteiger partial charge in [-0.05, 0) is 23.3 Å². The fraction of sp³-hybridized carbons (Fsp3) is 0. The minimum Gasteiger partial charge on any atom is -0.308 e. The van der Waals surface area contributed by atoms with Crippen molar-refractivity contribution in [3.8, 4) is 6.07 Å². The molecule has 58 valence electrons. The third kappa shape index (κ3) is 1.58. The predicted molar refractivity (Wildman–Crippen MR) is 49.0 cm³/mol. The number of nitrogens with zero attached hydrogens (tertiary/aromatic N) is 1. The average molecular weight is 156 g/mol. The largest absolute Gasteiger partial charge is 0.308 e. The summed E-state index contributed by atoms with van der Waals surface area (Å²) < 4.78 is 0. The van der Waals surface area contributed by atoms with Crippen molar-refractivity contribution in [2.45, 2.75) is 0 Å². The molecule has 2 heteroatoms. The van der Waals surface area contributed by atoms with Crippen molar-refractivity contribution in [3.05, 3.63) is 42.0 Å². The zero-order valence-electron chi connectivity index (χ0n) is 6.54. The fourth-order valence-corrected chi connectivity index (χ4v) is 0.842. The molecule has 0 saturated carbocycles. The van der Waals surface area contributed by atoms with Crippen molar-refractivity contribution in [2.75, 3.05) is 0 Å². The first kappa shape index (κ1) is 8.22. The van der Waals surface area contributed by atoms with Crippen LogP contribution in [0.3, 0.4) is 0 Å².